The molecule has 0 aliphatic carbocycles. The van der Waals surface area contributed by atoms with Gasteiger partial charge < -0.3 is 5.11 Å². The fraction of sp³-hybridized carbons (Fsp3) is 0.667. The van der Waals surface area contributed by atoms with E-state index < -0.39 is 17.1 Å². The first-order chi connectivity index (χ1) is 6.86. The van der Waals surface area contributed by atoms with Gasteiger partial charge in [-0.15, -0.1) is 0 Å². The summed E-state index contributed by atoms with van der Waals surface area (Å²) in [6, 6.07) is 0. The highest BCUT2D eigenvalue weighted by molar-refractivity contribution is 5.74. The third-order valence-electron chi connectivity index (χ3n) is 2.85. The Kier molecular flexibility index (Phi) is 2.97. The van der Waals surface area contributed by atoms with E-state index in [0.717, 1.165) is 0 Å². The number of H-pyrrole nitrogens is 2. The molecule has 1 atom stereocenters. The Hall–Kier alpha value is -1.59. The molecule has 1 heterocycles. The monoisotopic (exact) mass is 213 g/mol. The maximum atomic E-state index is 11.1. The summed E-state index contributed by atoms with van der Waals surface area (Å²) in [5, 5.41) is 15.1. The standard InChI is InChI=1S/C9H15N3O3/c1-5(2)9(3,7(13)14)4-6-10-8(15)12-11-6/h5H,4H2,1-3H3,(H,13,14)(H2,10,11,12,15). The van der Waals surface area contributed by atoms with E-state index >= 15 is 0 Å². The van der Waals surface area contributed by atoms with E-state index in [4.69, 9.17) is 5.11 Å². The molecular weight excluding hydrogens is 198 g/mol. The third-order valence-corrected chi connectivity index (χ3v) is 2.85. The van der Waals surface area contributed by atoms with Crippen LogP contribution in [-0.4, -0.2) is 26.3 Å². The Bertz CT molecular complexity index is 407. The number of hydrogen-bond acceptors (Lipinski definition) is 3. The van der Waals surface area contributed by atoms with Gasteiger partial charge in [0.05, 0.1) is 5.41 Å². The smallest absolute Gasteiger partial charge is 0.340 e. The fourth-order valence-corrected chi connectivity index (χ4v) is 1.26. The third kappa shape index (κ3) is 2.26. The van der Waals surface area contributed by atoms with Crippen molar-refractivity contribution < 1.29 is 9.90 Å². The first-order valence-corrected chi connectivity index (χ1v) is 4.73. The van der Waals surface area contributed by atoms with Crippen molar-refractivity contribution in [3.05, 3.63) is 16.3 Å². The minimum atomic E-state index is -0.919. The zero-order valence-electron chi connectivity index (χ0n) is 9.00. The van der Waals surface area contributed by atoms with Gasteiger partial charge in [0.1, 0.15) is 5.82 Å². The lowest BCUT2D eigenvalue weighted by Gasteiger charge is -2.27. The summed E-state index contributed by atoms with van der Waals surface area (Å²) in [5.74, 6) is -0.560. The summed E-state index contributed by atoms with van der Waals surface area (Å²) in [6.45, 7) is 5.31. The van der Waals surface area contributed by atoms with Crippen molar-refractivity contribution in [3.8, 4) is 0 Å². The number of aromatic nitrogens is 3. The summed E-state index contributed by atoms with van der Waals surface area (Å²) >= 11 is 0. The number of carboxylic acid groups (broad SMARTS) is 1. The first-order valence-electron chi connectivity index (χ1n) is 4.73. The Morgan fingerprint density at radius 1 is 1.60 bits per heavy atom. The van der Waals surface area contributed by atoms with Crippen molar-refractivity contribution in [3.63, 3.8) is 0 Å². The van der Waals surface area contributed by atoms with Gasteiger partial charge in [0.2, 0.25) is 0 Å². The number of hydrogen-bond donors (Lipinski definition) is 3. The molecule has 1 aromatic rings. The van der Waals surface area contributed by atoms with Gasteiger partial charge in [-0.25, -0.2) is 9.89 Å². The topological polar surface area (TPSA) is 98.8 Å². The molecule has 0 amide bonds. The number of aliphatic carboxylic acids is 1. The van der Waals surface area contributed by atoms with Crippen molar-refractivity contribution in [2.24, 2.45) is 11.3 Å². The molecule has 84 valence electrons. The fourth-order valence-electron chi connectivity index (χ4n) is 1.26. The van der Waals surface area contributed by atoms with E-state index in [2.05, 4.69) is 15.2 Å². The van der Waals surface area contributed by atoms with E-state index in [1.54, 1.807) is 6.92 Å². The maximum Gasteiger partial charge on any atom is 0.340 e. The highest BCUT2D eigenvalue weighted by Gasteiger charge is 2.37. The number of nitrogens with one attached hydrogen (secondary N) is 2. The first kappa shape index (κ1) is 11.5. The lowest BCUT2D eigenvalue weighted by atomic mass is 9.76. The Morgan fingerprint density at radius 2 is 2.20 bits per heavy atom. The molecule has 15 heavy (non-hydrogen) atoms. The van der Waals surface area contributed by atoms with Crippen LogP contribution in [0.5, 0.6) is 0 Å². The van der Waals surface area contributed by atoms with Crippen molar-refractivity contribution in [2.75, 3.05) is 0 Å². The molecule has 1 rings (SSSR count). The van der Waals surface area contributed by atoms with Crippen molar-refractivity contribution in [2.45, 2.75) is 27.2 Å². The summed E-state index contributed by atoms with van der Waals surface area (Å²) in [6.07, 6.45) is 0.207. The Morgan fingerprint density at radius 3 is 2.53 bits per heavy atom. The van der Waals surface area contributed by atoms with Gasteiger partial charge in [-0.2, -0.15) is 5.10 Å². The quantitative estimate of drug-likeness (QED) is 0.673. The zero-order valence-corrected chi connectivity index (χ0v) is 9.00. The summed E-state index contributed by atoms with van der Waals surface area (Å²) < 4.78 is 0. The van der Waals surface area contributed by atoms with Gasteiger partial charge in [-0.05, 0) is 12.8 Å². The van der Waals surface area contributed by atoms with E-state index in [1.165, 1.54) is 0 Å². The minimum Gasteiger partial charge on any atom is -0.481 e. The lowest BCUT2D eigenvalue weighted by Crippen LogP contribution is -2.35. The molecule has 1 aromatic heterocycles. The van der Waals surface area contributed by atoms with Crippen molar-refractivity contribution in [1.82, 2.24) is 15.2 Å². The molecule has 3 N–H and O–H groups in total. The number of carbonyl (C=O) groups is 1. The Balaban J connectivity index is 2.94. The molecule has 0 bridgehead atoms. The average molecular weight is 213 g/mol. The predicted octanol–water partition coefficient (Wildman–Crippen LogP) is 0.387. The average Bonchev–Trinajstić information content (AvgIpc) is 2.50. The van der Waals surface area contributed by atoms with Crippen LogP contribution in [-0.2, 0) is 11.2 Å². The molecule has 0 aliphatic heterocycles. The summed E-state index contributed by atoms with van der Waals surface area (Å²) in [5.41, 5.74) is -1.33. The van der Waals surface area contributed by atoms with E-state index in [9.17, 15) is 9.59 Å². The van der Waals surface area contributed by atoms with Crippen LogP contribution in [0, 0.1) is 11.3 Å². The number of carboxylic acids is 1. The van der Waals surface area contributed by atoms with Crippen LogP contribution in [0.2, 0.25) is 0 Å². The normalized spacial score (nSPS) is 15.2. The van der Waals surface area contributed by atoms with Crippen LogP contribution in [0.15, 0.2) is 4.79 Å². The van der Waals surface area contributed by atoms with E-state index in [1.807, 2.05) is 13.8 Å². The molecule has 6 heteroatoms. The molecule has 0 saturated heterocycles. The molecule has 0 spiro atoms. The molecule has 0 radical (unpaired) electrons. The molecule has 0 saturated carbocycles. The SMILES string of the molecule is CC(C)C(C)(Cc1n[nH]c(=O)[nH]1)C(=O)O. The summed E-state index contributed by atoms with van der Waals surface area (Å²) in [7, 11) is 0. The van der Waals surface area contributed by atoms with Crippen LogP contribution in [0.4, 0.5) is 0 Å². The van der Waals surface area contributed by atoms with Crippen LogP contribution < -0.4 is 5.69 Å². The van der Waals surface area contributed by atoms with Crippen molar-refractivity contribution in [1.29, 1.82) is 0 Å². The zero-order chi connectivity index (χ0) is 11.6. The molecule has 6 nitrogen and oxygen atoms in total. The molecule has 0 aromatic carbocycles. The van der Waals surface area contributed by atoms with Gasteiger partial charge >= 0.3 is 11.7 Å². The number of aromatic amines is 2. The van der Waals surface area contributed by atoms with Gasteiger partial charge in [0, 0.05) is 6.42 Å². The molecule has 0 aliphatic rings. The van der Waals surface area contributed by atoms with Crippen molar-refractivity contribution >= 4 is 5.97 Å². The van der Waals surface area contributed by atoms with Crippen LogP contribution in [0.3, 0.4) is 0 Å². The van der Waals surface area contributed by atoms with Gasteiger partial charge in [0.25, 0.3) is 0 Å². The number of nitrogens with zero attached hydrogens (tertiary/aromatic N) is 1. The maximum absolute atomic E-state index is 11.1. The highest BCUT2D eigenvalue weighted by Crippen LogP contribution is 2.30. The Labute approximate surface area is 86.7 Å². The van der Waals surface area contributed by atoms with Crippen LogP contribution >= 0.6 is 0 Å². The van der Waals surface area contributed by atoms with Gasteiger partial charge in [-0.1, -0.05) is 13.8 Å². The van der Waals surface area contributed by atoms with E-state index in [-0.39, 0.29) is 12.3 Å². The van der Waals surface area contributed by atoms with Crippen LogP contribution in [0.25, 0.3) is 0 Å². The summed E-state index contributed by atoms with van der Waals surface area (Å²) in [4.78, 5) is 24.4. The largest absolute Gasteiger partial charge is 0.481 e. The van der Waals surface area contributed by atoms with Gasteiger partial charge in [-0.3, -0.25) is 9.78 Å². The second kappa shape index (κ2) is 3.88. The molecule has 1 unspecified atom stereocenters. The van der Waals surface area contributed by atoms with E-state index in [0.29, 0.717) is 5.82 Å². The van der Waals surface area contributed by atoms with Gasteiger partial charge in [0.15, 0.2) is 0 Å². The molecule has 0 fully saturated rings. The lowest BCUT2D eigenvalue weighted by molar-refractivity contribution is -0.150. The highest BCUT2D eigenvalue weighted by atomic mass is 16.4. The minimum absolute atomic E-state index is 0.0461. The number of rotatable bonds is 4. The molecular formula is C9H15N3O3. The van der Waals surface area contributed by atoms with Crippen LogP contribution in [0.1, 0.15) is 26.6 Å². The predicted molar refractivity (Wildman–Crippen MR) is 53.5 cm³/mol. The second-order valence-corrected chi connectivity index (χ2v) is 4.18. The second-order valence-electron chi connectivity index (χ2n) is 4.18.